The van der Waals surface area contributed by atoms with Gasteiger partial charge in [0.25, 0.3) is 0 Å². The Kier molecular flexibility index (Phi) is 11.8. The van der Waals surface area contributed by atoms with Gasteiger partial charge in [0.1, 0.15) is 0 Å². The highest BCUT2D eigenvalue weighted by Crippen LogP contribution is 2.31. The SMILES string of the molecule is CCCCCCC(C)CCC(CC)C(C)C(C)CC. The van der Waals surface area contributed by atoms with Gasteiger partial charge in [-0.3, -0.25) is 0 Å². The lowest BCUT2D eigenvalue weighted by Gasteiger charge is -2.28. The molecule has 0 radical (unpaired) electrons. The predicted octanol–water partition coefficient (Wildman–Crippen LogP) is 7.08. The summed E-state index contributed by atoms with van der Waals surface area (Å²) in [5.41, 5.74) is 0. The average molecular weight is 269 g/mol. The molecule has 0 saturated heterocycles. The second kappa shape index (κ2) is 11.8. The fourth-order valence-corrected chi connectivity index (χ4v) is 3.24. The van der Waals surface area contributed by atoms with Crippen molar-refractivity contribution >= 4 is 0 Å². The van der Waals surface area contributed by atoms with E-state index >= 15 is 0 Å². The van der Waals surface area contributed by atoms with Crippen molar-refractivity contribution < 1.29 is 0 Å². The van der Waals surface area contributed by atoms with Crippen molar-refractivity contribution in [1.82, 2.24) is 0 Å². The molecule has 0 aliphatic rings. The molecular weight excluding hydrogens is 228 g/mol. The summed E-state index contributed by atoms with van der Waals surface area (Å²) in [6, 6.07) is 0. The Hall–Kier alpha value is 0. The molecule has 0 heteroatoms. The van der Waals surface area contributed by atoms with Gasteiger partial charge in [0.05, 0.1) is 0 Å². The molecule has 0 aromatic rings. The molecule has 0 saturated carbocycles. The number of hydrogen-bond acceptors (Lipinski definition) is 0. The Morgan fingerprint density at radius 3 is 1.89 bits per heavy atom. The van der Waals surface area contributed by atoms with Gasteiger partial charge in [-0.15, -0.1) is 0 Å². The molecule has 116 valence electrons. The topological polar surface area (TPSA) is 0 Å². The number of rotatable bonds is 12. The van der Waals surface area contributed by atoms with Crippen LogP contribution in [-0.2, 0) is 0 Å². The van der Waals surface area contributed by atoms with E-state index in [1.807, 2.05) is 0 Å². The highest BCUT2D eigenvalue weighted by molar-refractivity contribution is 4.71. The van der Waals surface area contributed by atoms with Crippen LogP contribution in [0.15, 0.2) is 0 Å². The van der Waals surface area contributed by atoms with Gasteiger partial charge >= 0.3 is 0 Å². The molecule has 0 aromatic heterocycles. The zero-order valence-corrected chi connectivity index (χ0v) is 14.7. The zero-order chi connectivity index (χ0) is 14.7. The minimum atomic E-state index is 0.893. The first-order valence-electron chi connectivity index (χ1n) is 9.06. The van der Waals surface area contributed by atoms with E-state index in [1.54, 1.807) is 0 Å². The van der Waals surface area contributed by atoms with Gasteiger partial charge in [0, 0.05) is 0 Å². The molecule has 0 rings (SSSR count). The molecule has 0 aliphatic carbocycles. The summed E-state index contributed by atoms with van der Waals surface area (Å²) in [7, 11) is 0. The van der Waals surface area contributed by atoms with Crippen molar-refractivity contribution in [2.24, 2.45) is 23.7 Å². The van der Waals surface area contributed by atoms with Gasteiger partial charge < -0.3 is 0 Å². The fraction of sp³-hybridized carbons (Fsp3) is 1.00. The molecule has 0 bridgehead atoms. The Balaban J connectivity index is 3.86. The highest BCUT2D eigenvalue weighted by atomic mass is 14.3. The van der Waals surface area contributed by atoms with E-state index < -0.39 is 0 Å². The van der Waals surface area contributed by atoms with Gasteiger partial charge in [-0.2, -0.15) is 0 Å². The fourth-order valence-electron chi connectivity index (χ4n) is 3.24. The van der Waals surface area contributed by atoms with Crippen molar-refractivity contribution in [3.05, 3.63) is 0 Å². The first-order valence-corrected chi connectivity index (χ1v) is 9.06. The Morgan fingerprint density at radius 2 is 1.37 bits per heavy atom. The maximum absolute atomic E-state index is 2.48. The Labute approximate surface area is 123 Å². The number of unbranched alkanes of at least 4 members (excludes halogenated alkanes) is 3. The maximum Gasteiger partial charge on any atom is -0.0388 e. The van der Waals surface area contributed by atoms with Crippen molar-refractivity contribution in [2.45, 2.75) is 99.3 Å². The largest absolute Gasteiger partial charge is 0.0654 e. The van der Waals surface area contributed by atoms with Crippen molar-refractivity contribution in [3.8, 4) is 0 Å². The second-order valence-corrected chi connectivity index (χ2v) is 6.94. The summed E-state index contributed by atoms with van der Waals surface area (Å²) in [5.74, 6) is 3.69. The predicted molar refractivity (Wildman–Crippen MR) is 89.6 cm³/mol. The highest BCUT2D eigenvalue weighted by Gasteiger charge is 2.20. The van der Waals surface area contributed by atoms with Crippen LogP contribution in [0.1, 0.15) is 99.3 Å². The first-order chi connectivity index (χ1) is 9.06. The molecule has 0 heterocycles. The molecule has 4 unspecified atom stereocenters. The smallest absolute Gasteiger partial charge is 0.0388 e. The lowest BCUT2D eigenvalue weighted by Crippen LogP contribution is -2.19. The molecular formula is C19H40. The summed E-state index contributed by atoms with van der Waals surface area (Å²) in [4.78, 5) is 0. The van der Waals surface area contributed by atoms with Crippen LogP contribution >= 0.6 is 0 Å². The van der Waals surface area contributed by atoms with Gasteiger partial charge in [-0.05, 0) is 30.1 Å². The van der Waals surface area contributed by atoms with Crippen molar-refractivity contribution in [1.29, 1.82) is 0 Å². The molecule has 0 aromatic carbocycles. The summed E-state index contributed by atoms with van der Waals surface area (Å²) in [5, 5.41) is 0. The third-order valence-electron chi connectivity index (χ3n) is 5.39. The molecule has 0 nitrogen and oxygen atoms in total. The molecule has 0 spiro atoms. The average Bonchev–Trinajstić information content (AvgIpc) is 2.43. The summed E-state index contributed by atoms with van der Waals surface area (Å²) in [6.07, 6.45) is 12.7. The lowest BCUT2D eigenvalue weighted by atomic mass is 9.77. The van der Waals surface area contributed by atoms with Gasteiger partial charge in [0.2, 0.25) is 0 Å². The van der Waals surface area contributed by atoms with E-state index in [1.165, 1.54) is 57.8 Å². The van der Waals surface area contributed by atoms with Crippen LogP contribution in [0.25, 0.3) is 0 Å². The van der Waals surface area contributed by atoms with Crippen LogP contribution in [0.3, 0.4) is 0 Å². The van der Waals surface area contributed by atoms with E-state index in [2.05, 4.69) is 41.5 Å². The van der Waals surface area contributed by atoms with Crippen molar-refractivity contribution in [3.63, 3.8) is 0 Å². The Morgan fingerprint density at radius 1 is 0.684 bits per heavy atom. The summed E-state index contributed by atoms with van der Waals surface area (Å²) >= 11 is 0. The van der Waals surface area contributed by atoms with E-state index in [-0.39, 0.29) is 0 Å². The Bertz CT molecular complexity index is 184. The van der Waals surface area contributed by atoms with Crippen molar-refractivity contribution in [2.75, 3.05) is 0 Å². The maximum atomic E-state index is 2.48. The summed E-state index contributed by atoms with van der Waals surface area (Å²) in [6.45, 7) is 14.4. The van der Waals surface area contributed by atoms with Gasteiger partial charge in [0.15, 0.2) is 0 Å². The second-order valence-electron chi connectivity index (χ2n) is 6.94. The number of hydrogen-bond donors (Lipinski definition) is 0. The summed E-state index contributed by atoms with van der Waals surface area (Å²) < 4.78 is 0. The van der Waals surface area contributed by atoms with E-state index in [9.17, 15) is 0 Å². The van der Waals surface area contributed by atoms with E-state index in [4.69, 9.17) is 0 Å². The van der Waals surface area contributed by atoms with Gasteiger partial charge in [-0.1, -0.05) is 92.9 Å². The minimum Gasteiger partial charge on any atom is -0.0654 e. The lowest BCUT2D eigenvalue weighted by molar-refractivity contribution is 0.222. The van der Waals surface area contributed by atoms with Crippen LogP contribution < -0.4 is 0 Å². The van der Waals surface area contributed by atoms with Crippen LogP contribution in [0.4, 0.5) is 0 Å². The van der Waals surface area contributed by atoms with Crippen LogP contribution in [0.5, 0.6) is 0 Å². The standard InChI is InChI=1S/C19H40/c1-7-10-11-12-13-16(4)14-15-19(9-3)18(6)17(5)8-2/h16-19H,7-15H2,1-6H3. The quantitative estimate of drug-likeness (QED) is 0.332. The molecule has 0 aliphatic heterocycles. The molecule has 19 heavy (non-hydrogen) atoms. The van der Waals surface area contributed by atoms with Crippen LogP contribution in [0.2, 0.25) is 0 Å². The van der Waals surface area contributed by atoms with E-state index in [0.717, 1.165) is 23.7 Å². The normalized spacial score (nSPS) is 18.0. The van der Waals surface area contributed by atoms with Gasteiger partial charge in [-0.25, -0.2) is 0 Å². The zero-order valence-electron chi connectivity index (χ0n) is 14.7. The minimum absolute atomic E-state index is 0.893. The van der Waals surface area contributed by atoms with E-state index in [0.29, 0.717) is 0 Å². The van der Waals surface area contributed by atoms with Crippen LogP contribution in [0, 0.1) is 23.7 Å². The molecule has 0 amide bonds. The molecule has 4 atom stereocenters. The third kappa shape index (κ3) is 8.71. The van der Waals surface area contributed by atoms with Crippen LogP contribution in [-0.4, -0.2) is 0 Å². The third-order valence-corrected chi connectivity index (χ3v) is 5.39. The first kappa shape index (κ1) is 19.0. The molecule has 0 N–H and O–H groups in total. The molecule has 0 fully saturated rings. The monoisotopic (exact) mass is 268 g/mol.